The summed E-state index contributed by atoms with van der Waals surface area (Å²) in [6.45, 7) is 4.22. The van der Waals surface area contributed by atoms with Crippen molar-refractivity contribution in [2.24, 2.45) is 0 Å². The summed E-state index contributed by atoms with van der Waals surface area (Å²) >= 11 is 5.03. The van der Waals surface area contributed by atoms with Gasteiger partial charge in [0, 0.05) is 10.9 Å². The third-order valence-corrected chi connectivity index (χ3v) is 3.55. The van der Waals surface area contributed by atoms with E-state index in [0.717, 1.165) is 9.61 Å². The number of benzene rings is 1. The number of aryl methyl sites for hydroxylation is 2. The number of nitrogens with zero attached hydrogens (tertiary/aromatic N) is 1. The summed E-state index contributed by atoms with van der Waals surface area (Å²) in [5, 5.41) is 3.08. The molecule has 0 aliphatic carbocycles. The Hall–Kier alpha value is -0.670. The molecule has 0 aliphatic rings. The molecule has 0 saturated carbocycles. The van der Waals surface area contributed by atoms with Crippen molar-refractivity contribution in [3.05, 3.63) is 39.3 Å². The molecule has 2 aromatic rings. The van der Waals surface area contributed by atoms with E-state index in [1.807, 2.05) is 5.38 Å². The zero-order valence-electron chi connectivity index (χ0n) is 8.04. The minimum absolute atomic E-state index is 0.914. The second-order valence-electron chi connectivity index (χ2n) is 3.35. The lowest BCUT2D eigenvalue weighted by Crippen LogP contribution is -1.81. The van der Waals surface area contributed by atoms with Gasteiger partial charge < -0.3 is 0 Å². The van der Waals surface area contributed by atoms with Crippen LogP contribution in [0.5, 0.6) is 0 Å². The molecule has 0 N–H and O–H groups in total. The number of rotatable bonds is 1. The fraction of sp³-hybridized carbons (Fsp3) is 0.182. The number of halogens is 1. The Morgan fingerprint density at radius 1 is 1.14 bits per heavy atom. The maximum absolute atomic E-state index is 4.40. The van der Waals surface area contributed by atoms with Gasteiger partial charge in [-0.2, -0.15) is 0 Å². The Kier molecular flexibility index (Phi) is 2.70. The molecule has 3 heteroatoms. The fourth-order valence-electron chi connectivity index (χ4n) is 1.48. The number of hydrogen-bond donors (Lipinski definition) is 0. The summed E-state index contributed by atoms with van der Waals surface area (Å²) in [5.74, 6) is 0. The van der Waals surface area contributed by atoms with Gasteiger partial charge in [0.2, 0.25) is 0 Å². The van der Waals surface area contributed by atoms with Crippen LogP contribution in [0.25, 0.3) is 10.6 Å². The smallest absolute Gasteiger partial charge is 0.124 e. The Labute approximate surface area is 95.9 Å². The van der Waals surface area contributed by atoms with E-state index in [0.29, 0.717) is 0 Å². The molecule has 0 spiro atoms. The van der Waals surface area contributed by atoms with Crippen molar-refractivity contribution in [3.63, 3.8) is 0 Å². The normalized spacial score (nSPS) is 10.5. The van der Waals surface area contributed by atoms with Crippen LogP contribution in [0.15, 0.2) is 28.2 Å². The van der Waals surface area contributed by atoms with Gasteiger partial charge in [-0.15, -0.1) is 11.3 Å². The van der Waals surface area contributed by atoms with Gasteiger partial charge in [0.15, 0.2) is 0 Å². The first-order valence-corrected chi connectivity index (χ1v) is 6.02. The first-order valence-electron chi connectivity index (χ1n) is 4.35. The fourth-order valence-corrected chi connectivity index (χ4v) is 2.73. The molecule has 0 atom stereocenters. The number of thiazole rings is 1. The first-order chi connectivity index (χ1) is 6.65. The highest BCUT2D eigenvalue weighted by Gasteiger charge is 2.03. The standard InChI is InChI=1S/C11H10BrNS/c1-7-3-8(2)5-9(4-7)11-13-10(12)6-14-11/h3-6H,1-2H3. The van der Waals surface area contributed by atoms with Crippen LogP contribution in [0.1, 0.15) is 11.1 Å². The van der Waals surface area contributed by atoms with Crippen LogP contribution in [0.3, 0.4) is 0 Å². The Balaban J connectivity index is 2.51. The first kappa shape index (κ1) is 9.87. The Bertz CT molecular complexity index is 442. The van der Waals surface area contributed by atoms with E-state index in [4.69, 9.17) is 0 Å². The predicted molar refractivity (Wildman–Crippen MR) is 64.7 cm³/mol. The molecule has 1 aromatic carbocycles. The lowest BCUT2D eigenvalue weighted by Gasteiger charge is -2.00. The zero-order valence-corrected chi connectivity index (χ0v) is 10.4. The van der Waals surface area contributed by atoms with Gasteiger partial charge in [-0.25, -0.2) is 4.98 Å². The molecule has 1 nitrogen and oxygen atoms in total. The summed E-state index contributed by atoms with van der Waals surface area (Å²) in [7, 11) is 0. The number of hydrogen-bond acceptors (Lipinski definition) is 2. The highest BCUT2D eigenvalue weighted by Crippen LogP contribution is 2.27. The predicted octanol–water partition coefficient (Wildman–Crippen LogP) is 4.19. The number of aromatic nitrogens is 1. The second-order valence-corrected chi connectivity index (χ2v) is 5.02. The van der Waals surface area contributed by atoms with Crippen LogP contribution < -0.4 is 0 Å². The molecule has 0 bridgehead atoms. The molecular formula is C11H10BrNS. The van der Waals surface area contributed by atoms with Crippen molar-refractivity contribution < 1.29 is 0 Å². The van der Waals surface area contributed by atoms with E-state index < -0.39 is 0 Å². The molecule has 0 amide bonds. The average Bonchev–Trinajstić information content (AvgIpc) is 2.50. The minimum Gasteiger partial charge on any atom is -0.229 e. The minimum atomic E-state index is 0.914. The second kappa shape index (κ2) is 3.83. The van der Waals surface area contributed by atoms with E-state index in [2.05, 4.69) is 53.0 Å². The van der Waals surface area contributed by atoms with Gasteiger partial charge in [0.1, 0.15) is 9.61 Å². The van der Waals surface area contributed by atoms with Crippen molar-refractivity contribution in [3.8, 4) is 10.6 Å². The lowest BCUT2D eigenvalue weighted by molar-refractivity contribution is 1.33. The molecule has 0 aliphatic heterocycles. The highest BCUT2D eigenvalue weighted by molar-refractivity contribution is 9.10. The van der Waals surface area contributed by atoms with Gasteiger partial charge >= 0.3 is 0 Å². The topological polar surface area (TPSA) is 12.9 Å². The Morgan fingerprint density at radius 3 is 2.29 bits per heavy atom. The SMILES string of the molecule is Cc1cc(C)cc(-c2nc(Br)cs2)c1. The molecule has 0 fully saturated rings. The molecule has 1 aromatic heterocycles. The zero-order chi connectivity index (χ0) is 10.1. The lowest BCUT2D eigenvalue weighted by atomic mass is 10.1. The molecule has 0 saturated heterocycles. The van der Waals surface area contributed by atoms with Crippen LogP contribution in [0, 0.1) is 13.8 Å². The molecule has 0 radical (unpaired) electrons. The van der Waals surface area contributed by atoms with Crippen molar-refractivity contribution in [1.29, 1.82) is 0 Å². The molecule has 14 heavy (non-hydrogen) atoms. The molecule has 0 unspecified atom stereocenters. The van der Waals surface area contributed by atoms with E-state index in [1.54, 1.807) is 11.3 Å². The van der Waals surface area contributed by atoms with Crippen LogP contribution in [0.2, 0.25) is 0 Å². The summed E-state index contributed by atoms with van der Waals surface area (Å²) < 4.78 is 0.914. The maximum Gasteiger partial charge on any atom is 0.124 e. The van der Waals surface area contributed by atoms with Crippen LogP contribution in [-0.4, -0.2) is 4.98 Å². The van der Waals surface area contributed by atoms with Crippen molar-refractivity contribution in [1.82, 2.24) is 4.98 Å². The third-order valence-electron chi connectivity index (χ3n) is 1.94. The van der Waals surface area contributed by atoms with Crippen molar-refractivity contribution in [2.45, 2.75) is 13.8 Å². The quantitative estimate of drug-likeness (QED) is 0.755. The van der Waals surface area contributed by atoms with Gasteiger partial charge in [-0.3, -0.25) is 0 Å². The summed E-state index contributed by atoms with van der Waals surface area (Å²) in [6, 6.07) is 6.50. The van der Waals surface area contributed by atoms with Gasteiger partial charge in [0.05, 0.1) is 0 Å². The van der Waals surface area contributed by atoms with E-state index in [9.17, 15) is 0 Å². The van der Waals surface area contributed by atoms with Crippen molar-refractivity contribution in [2.75, 3.05) is 0 Å². The molecule has 72 valence electrons. The van der Waals surface area contributed by atoms with Gasteiger partial charge in [0.25, 0.3) is 0 Å². The summed E-state index contributed by atoms with van der Waals surface area (Å²) in [6.07, 6.45) is 0. The molecule has 1 heterocycles. The molecule has 2 rings (SSSR count). The monoisotopic (exact) mass is 267 g/mol. The van der Waals surface area contributed by atoms with Crippen LogP contribution in [-0.2, 0) is 0 Å². The highest BCUT2D eigenvalue weighted by atomic mass is 79.9. The van der Waals surface area contributed by atoms with Crippen LogP contribution in [0.4, 0.5) is 0 Å². The Morgan fingerprint density at radius 2 is 1.79 bits per heavy atom. The van der Waals surface area contributed by atoms with Gasteiger partial charge in [-0.05, 0) is 41.9 Å². The van der Waals surface area contributed by atoms with Gasteiger partial charge in [-0.1, -0.05) is 17.2 Å². The summed E-state index contributed by atoms with van der Waals surface area (Å²) in [5.41, 5.74) is 3.77. The van der Waals surface area contributed by atoms with Crippen LogP contribution >= 0.6 is 27.3 Å². The van der Waals surface area contributed by atoms with E-state index in [-0.39, 0.29) is 0 Å². The van der Waals surface area contributed by atoms with E-state index in [1.165, 1.54) is 16.7 Å². The third kappa shape index (κ3) is 2.04. The maximum atomic E-state index is 4.40. The largest absolute Gasteiger partial charge is 0.229 e. The van der Waals surface area contributed by atoms with Crippen molar-refractivity contribution >= 4 is 27.3 Å². The average molecular weight is 268 g/mol. The summed E-state index contributed by atoms with van der Waals surface area (Å²) in [4.78, 5) is 4.40. The molecular weight excluding hydrogens is 258 g/mol. The van der Waals surface area contributed by atoms with E-state index >= 15 is 0 Å².